The number of ether oxygens (including phenoxy) is 3. The van der Waals surface area contributed by atoms with E-state index in [1.807, 2.05) is 6.92 Å². The van der Waals surface area contributed by atoms with Crippen molar-refractivity contribution >= 4 is 5.96 Å². The van der Waals surface area contributed by atoms with Gasteiger partial charge >= 0.3 is 0 Å². The van der Waals surface area contributed by atoms with Crippen LogP contribution in [-0.2, 0) is 14.2 Å². The summed E-state index contributed by atoms with van der Waals surface area (Å²) in [6, 6.07) is 0. The van der Waals surface area contributed by atoms with Crippen molar-refractivity contribution in [1.29, 1.82) is 0 Å². The summed E-state index contributed by atoms with van der Waals surface area (Å²) in [6.45, 7) is 16.5. The molecular weight excluding hydrogens is 318 g/mol. The van der Waals surface area contributed by atoms with E-state index in [-0.39, 0.29) is 6.10 Å². The van der Waals surface area contributed by atoms with Crippen molar-refractivity contribution in [1.82, 2.24) is 10.6 Å². The fourth-order valence-electron chi connectivity index (χ4n) is 2.28. The molecule has 0 aliphatic heterocycles. The molecule has 0 amide bonds. The first-order valence-corrected chi connectivity index (χ1v) is 9.94. The van der Waals surface area contributed by atoms with Gasteiger partial charge in [-0.2, -0.15) is 0 Å². The molecule has 0 aromatic heterocycles. The van der Waals surface area contributed by atoms with Crippen molar-refractivity contribution in [3.05, 3.63) is 0 Å². The lowest BCUT2D eigenvalue weighted by Crippen LogP contribution is -2.39. The third kappa shape index (κ3) is 15.1. The van der Waals surface area contributed by atoms with E-state index in [0.717, 1.165) is 51.6 Å². The average molecular weight is 360 g/mol. The topological polar surface area (TPSA) is 64.1 Å². The van der Waals surface area contributed by atoms with Crippen LogP contribution in [0.1, 0.15) is 53.9 Å². The fourth-order valence-corrected chi connectivity index (χ4v) is 2.28. The molecule has 6 heteroatoms. The summed E-state index contributed by atoms with van der Waals surface area (Å²) in [7, 11) is 0. The SMILES string of the molecule is CCCCOCCOCCNC(=NCCC(OCC)C(C)C)NCC. The summed E-state index contributed by atoms with van der Waals surface area (Å²) >= 11 is 0. The summed E-state index contributed by atoms with van der Waals surface area (Å²) in [6.07, 6.45) is 3.49. The molecule has 0 heterocycles. The summed E-state index contributed by atoms with van der Waals surface area (Å²) in [5.74, 6) is 1.35. The molecule has 0 radical (unpaired) electrons. The molecule has 0 aliphatic carbocycles. The molecule has 2 N–H and O–H groups in total. The molecule has 0 saturated heterocycles. The molecule has 0 spiro atoms. The van der Waals surface area contributed by atoms with Crippen molar-refractivity contribution in [2.75, 3.05) is 52.7 Å². The van der Waals surface area contributed by atoms with E-state index in [1.54, 1.807) is 0 Å². The maximum Gasteiger partial charge on any atom is 0.191 e. The maximum absolute atomic E-state index is 5.76. The van der Waals surface area contributed by atoms with Gasteiger partial charge in [0, 0.05) is 32.8 Å². The van der Waals surface area contributed by atoms with Gasteiger partial charge in [-0.25, -0.2) is 0 Å². The van der Waals surface area contributed by atoms with E-state index in [0.29, 0.717) is 25.7 Å². The first-order valence-electron chi connectivity index (χ1n) is 9.94. The second kappa shape index (κ2) is 18.0. The number of hydrogen-bond acceptors (Lipinski definition) is 4. The van der Waals surface area contributed by atoms with Gasteiger partial charge in [0.2, 0.25) is 0 Å². The Kier molecular flexibility index (Phi) is 17.3. The van der Waals surface area contributed by atoms with Gasteiger partial charge in [-0.15, -0.1) is 0 Å². The molecule has 0 saturated carbocycles. The van der Waals surface area contributed by atoms with Crippen LogP contribution >= 0.6 is 0 Å². The first-order chi connectivity index (χ1) is 12.2. The molecule has 0 aromatic rings. The number of rotatable bonds is 16. The summed E-state index contributed by atoms with van der Waals surface area (Å²) < 4.78 is 16.8. The quantitative estimate of drug-likeness (QED) is 0.252. The Morgan fingerprint density at radius 3 is 2.28 bits per heavy atom. The predicted molar refractivity (Wildman–Crippen MR) is 105 cm³/mol. The normalized spacial score (nSPS) is 13.3. The van der Waals surface area contributed by atoms with Crippen molar-refractivity contribution in [3.63, 3.8) is 0 Å². The Hall–Kier alpha value is -0.850. The standard InChI is InChI=1S/C19H41N3O3/c1-6-9-13-23-15-16-24-14-12-22-19(20-7-2)21-11-10-18(17(4)5)25-8-3/h17-18H,6-16H2,1-5H3,(H2,20,21,22). The van der Waals surface area contributed by atoms with Crippen molar-refractivity contribution in [2.45, 2.75) is 60.0 Å². The van der Waals surface area contributed by atoms with E-state index in [2.05, 4.69) is 43.3 Å². The largest absolute Gasteiger partial charge is 0.379 e. The molecule has 0 fully saturated rings. The third-order valence-corrected chi connectivity index (χ3v) is 3.71. The van der Waals surface area contributed by atoms with Crippen LogP contribution < -0.4 is 10.6 Å². The minimum absolute atomic E-state index is 0.271. The monoisotopic (exact) mass is 359 g/mol. The second-order valence-corrected chi connectivity index (χ2v) is 6.29. The zero-order valence-electron chi connectivity index (χ0n) is 17.1. The van der Waals surface area contributed by atoms with Gasteiger partial charge in [-0.1, -0.05) is 27.2 Å². The van der Waals surface area contributed by atoms with E-state index in [9.17, 15) is 0 Å². The third-order valence-electron chi connectivity index (χ3n) is 3.71. The molecule has 1 atom stereocenters. The second-order valence-electron chi connectivity index (χ2n) is 6.29. The van der Waals surface area contributed by atoms with Gasteiger partial charge in [0.05, 0.1) is 25.9 Å². The van der Waals surface area contributed by atoms with E-state index in [1.165, 1.54) is 6.42 Å². The summed E-state index contributed by atoms with van der Waals surface area (Å²) in [4.78, 5) is 4.62. The van der Waals surface area contributed by atoms with Crippen LogP contribution in [0.25, 0.3) is 0 Å². The smallest absolute Gasteiger partial charge is 0.191 e. The number of nitrogens with one attached hydrogen (secondary N) is 2. The van der Waals surface area contributed by atoms with Crippen molar-refractivity contribution in [3.8, 4) is 0 Å². The minimum Gasteiger partial charge on any atom is -0.379 e. The molecule has 0 bridgehead atoms. The average Bonchev–Trinajstić information content (AvgIpc) is 2.59. The number of guanidine groups is 1. The van der Waals surface area contributed by atoms with E-state index in [4.69, 9.17) is 14.2 Å². The predicted octanol–water partition coefficient (Wildman–Crippen LogP) is 2.83. The zero-order chi connectivity index (χ0) is 18.8. The van der Waals surface area contributed by atoms with Crippen LogP contribution in [0, 0.1) is 5.92 Å². The lowest BCUT2D eigenvalue weighted by molar-refractivity contribution is 0.0266. The first kappa shape index (κ1) is 24.1. The van der Waals surface area contributed by atoms with Crippen molar-refractivity contribution < 1.29 is 14.2 Å². The van der Waals surface area contributed by atoms with Crippen LogP contribution in [0.3, 0.4) is 0 Å². The zero-order valence-corrected chi connectivity index (χ0v) is 17.1. The lowest BCUT2D eigenvalue weighted by Gasteiger charge is -2.20. The maximum atomic E-state index is 5.76. The number of unbranched alkanes of at least 4 members (excludes halogenated alkanes) is 1. The van der Waals surface area contributed by atoms with Crippen LogP contribution in [-0.4, -0.2) is 64.7 Å². The molecule has 150 valence electrons. The highest BCUT2D eigenvalue weighted by molar-refractivity contribution is 5.79. The van der Waals surface area contributed by atoms with Gasteiger partial charge in [-0.3, -0.25) is 4.99 Å². The highest BCUT2D eigenvalue weighted by Crippen LogP contribution is 2.10. The van der Waals surface area contributed by atoms with Crippen LogP contribution in [0.4, 0.5) is 0 Å². The number of nitrogens with zero attached hydrogens (tertiary/aromatic N) is 1. The molecule has 6 nitrogen and oxygen atoms in total. The summed E-state index contributed by atoms with van der Waals surface area (Å²) in [5.41, 5.74) is 0. The highest BCUT2D eigenvalue weighted by atomic mass is 16.5. The molecule has 25 heavy (non-hydrogen) atoms. The minimum atomic E-state index is 0.271. The highest BCUT2D eigenvalue weighted by Gasteiger charge is 2.12. The summed E-state index contributed by atoms with van der Waals surface area (Å²) in [5, 5.41) is 6.56. The Morgan fingerprint density at radius 2 is 1.68 bits per heavy atom. The number of aliphatic imine (C=N–C) groups is 1. The Labute approximate surface area is 155 Å². The van der Waals surface area contributed by atoms with E-state index >= 15 is 0 Å². The van der Waals surface area contributed by atoms with Crippen molar-refractivity contribution in [2.24, 2.45) is 10.9 Å². The van der Waals surface area contributed by atoms with Gasteiger partial charge in [0.1, 0.15) is 0 Å². The van der Waals surface area contributed by atoms with Gasteiger partial charge in [0.15, 0.2) is 5.96 Å². The number of hydrogen-bond donors (Lipinski definition) is 2. The Balaban J connectivity index is 3.88. The molecule has 0 aromatic carbocycles. The van der Waals surface area contributed by atoms with Gasteiger partial charge in [0.25, 0.3) is 0 Å². The van der Waals surface area contributed by atoms with Crippen LogP contribution in [0.2, 0.25) is 0 Å². The molecule has 0 rings (SSSR count). The fraction of sp³-hybridized carbons (Fsp3) is 0.947. The Morgan fingerprint density at radius 1 is 0.960 bits per heavy atom. The van der Waals surface area contributed by atoms with Crippen LogP contribution in [0.15, 0.2) is 4.99 Å². The van der Waals surface area contributed by atoms with Gasteiger partial charge < -0.3 is 24.8 Å². The van der Waals surface area contributed by atoms with E-state index < -0.39 is 0 Å². The lowest BCUT2D eigenvalue weighted by atomic mass is 10.0. The molecular formula is C19H41N3O3. The Bertz CT molecular complexity index is 312. The molecule has 0 aliphatic rings. The van der Waals surface area contributed by atoms with Crippen LogP contribution in [0.5, 0.6) is 0 Å². The molecule has 1 unspecified atom stereocenters. The van der Waals surface area contributed by atoms with Gasteiger partial charge in [-0.05, 0) is 32.6 Å².